The minimum atomic E-state index is -0.504. The Morgan fingerprint density at radius 3 is 2.77 bits per heavy atom. The number of aromatic amines is 1. The van der Waals surface area contributed by atoms with E-state index in [0.29, 0.717) is 21.5 Å². The highest BCUT2D eigenvalue weighted by atomic mass is 35.5. The van der Waals surface area contributed by atoms with Gasteiger partial charge >= 0.3 is 5.97 Å². The maximum atomic E-state index is 12.6. The van der Waals surface area contributed by atoms with Crippen molar-refractivity contribution >= 4 is 34.3 Å². The van der Waals surface area contributed by atoms with Crippen molar-refractivity contribution in [3.05, 3.63) is 59.0 Å². The van der Waals surface area contributed by atoms with Crippen molar-refractivity contribution < 1.29 is 14.3 Å². The normalized spacial score (nSPS) is 10.6. The molecule has 0 atom stereocenters. The quantitative estimate of drug-likeness (QED) is 0.594. The van der Waals surface area contributed by atoms with Crippen molar-refractivity contribution in [1.82, 2.24) is 9.97 Å². The Balaban J connectivity index is 2.19. The van der Waals surface area contributed by atoms with Crippen LogP contribution in [0, 0.1) is 0 Å². The molecule has 0 aliphatic carbocycles. The van der Waals surface area contributed by atoms with Gasteiger partial charge in [-0.3, -0.25) is 14.6 Å². The number of esters is 1. The second kappa shape index (κ2) is 5.61. The number of carbonyl (C=O) groups is 2. The number of nitrogens with one attached hydrogen (secondary N) is 1. The summed E-state index contributed by atoms with van der Waals surface area (Å²) in [6.45, 7) is 1.28. The fourth-order valence-corrected chi connectivity index (χ4v) is 2.37. The third kappa shape index (κ3) is 2.58. The summed E-state index contributed by atoms with van der Waals surface area (Å²) in [7, 11) is 0. The molecule has 1 N–H and O–H groups in total. The highest BCUT2D eigenvalue weighted by Crippen LogP contribution is 2.33. The molecule has 110 valence electrons. The first-order chi connectivity index (χ1) is 10.6. The summed E-state index contributed by atoms with van der Waals surface area (Å²) in [5, 5.41) is 1.13. The highest BCUT2D eigenvalue weighted by molar-refractivity contribution is 6.31. The molecule has 0 unspecified atom stereocenters. The van der Waals surface area contributed by atoms with Gasteiger partial charge in [-0.25, -0.2) is 0 Å². The molecule has 0 spiro atoms. The molecule has 3 rings (SSSR count). The van der Waals surface area contributed by atoms with Gasteiger partial charge in [-0.15, -0.1) is 0 Å². The molecule has 0 bridgehead atoms. The Hall–Kier alpha value is -2.66. The van der Waals surface area contributed by atoms with E-state index in [1.54, 1.807) is 36.5 Å². The van der Waals surface area contributed by atoms with Gasteiger partial charge in [0.05, 0.1) is 5.52 Å². The molecule has 2 aromatic heterocycles. The fraction of sp³-hybridized carbons (Fsp3) is 0.0625. The van der Waals surface area contributed by atoms with Gasteiger partial charge in [-0.1, -0.05) is 11.6 Å². The molecule has 1 aromatic carbocycles. The molecule has 22 heavy (non-hydrogen) atoms. The Morgan fingerprint density at radius 2 is 2.09 bits per heavy atom. The molecule has 0 aliphatic rings. The number of rotatable bonds is 3. The van der Waals surface area contributed by atoms with Gasteiger partial charge in [0.1, 0.15) is 5.69 Å². The molecule has 3 aromatic rings. The molecular formula is C16H11ClN2O3. The minimum absolute atomic E-state index is 0.195. The number of pyridine rings is 1. The number of nitrogens with zero attached hydrogens (tertiary/aromatic N) is 1. The van der Waals surface area contributed by atoms with Crippen LogP contribution in [0.3, 0.4) is 0 Å². The first kappa shape index (κ1) is 14.3. The number of hydrogen-bond donors (Lipinski definition) is 1. The molecular weight excluding hydrogens is 304 g/mol. The van der Waals surface area contributed by atoms with Crippen LogP contribution in [0.1, 0.15) is 23.0 Å². The molecule has 5 nitrogen and oxygen atoms in total. The van der Waals surface area contributed by atoms with Gasteiger partial charge in [-0.05, 0) is 30.3 Å². The van der Waals surface area contributed by atoms with Crippen LogP contribution >= 0.6 is 11.6 Å². The average Bonchev–Trinajstić information content (AvgIpc) is 2.84. The van der Waals surface area contributed by atoms with Gasteiger partial charge in [0, 0.05) is 35.3 Å². The third-order valence-electron chi connectivity index (χ3n) is 3.11. The van der Waals surface area contributed by atoms with E-state index in [9.17, 15) is 9.59 Å². The van der Waals surface area contributed by atoms with Gasteiger partial charge in [0.25, 0.3) is 0 Å². The second-order valence-corrected chi connectivity index (χ2v) is 5.12. The van der Waals surface area contributed by atoms with Crippen LogP contribution in [0.25, 0.3) is 10.9 Å². The summed E-state index contributed by atoms with van der Waals surface area (Å²) in [6.07, 6.45) is 3.03. The summed E-state index contributed by atoms with van der Waals surface area (Å²) in [6, 6.07) is 8.35. The van der Waals surface area contributed by atoms with Crippen LogP contribution in [-0.2, 0) is 4.79 Å². The van der Waals surface area contributed by atoms with Crippen LogP contribution in [0.4, 0.5) is 0 Å². The monoisotopic (exact) mass is 314 g/mol. The minimum Gasteiger partial charge on any atom is -0.424 e. The summed E-state index contributed by atoms with van der Waals surface area (Å²) < 4.78 is 5.23. The fourth-order valence-electron chi connectivity index (χ4n) is 2.20. The van der Waals surface area contributed by atoms with E-state index >= 15 is 0 Å². The van der Waals surface area contributed by atoms with E-state index < -0.39 is 5.97 Å². The number of benzene rings is 1. The van der Waals surface area contributed by atoms with Gasteiger partial charge < -0.3 is 9.72 Å². The van der Waals surface area contributed by atoms with E-state index in [0.717, 1.165) is 0 Å². The Morgan fingerprint density at radius 1 is 1.27 bits per heavy atom. The number of H-pyrrole nitrogens is 1. The van der Waals surface area contributed by atoms with Crippen LogP contribution < -0.4 is 4.74 Å². The number of ketones is 1. The van der Waals surface area contributed by atoms with E-state index in [-0.39, 0.29) is 17.2 Å². The lowest BCUT2D eigenvalue weighted by molar-refractivity contribution is -0.131. The van der Waals surface area contributed by atoms with E-state index in [4.69, 9.17) is 16.3 Å². The number of ether oxygens (including phenoxy) is 1. The van der Waals surface area contributed by atoms with Crippen molar-refractivity contribution in [1.29, 1.82) is 0 Å². The first-order valence-corrected chi connectivity index (χ1v) is 6.88. The molecule has 0 fully saturated rings. The van der Waals surface area contributed by atoms with Crippen molar-refractivity contribution in [3.63, 3.8) is 0 Å². The average molecular weight is 315 g/mol. The topological polar surface area (TPSA) is 72.1 Å². The lowest BCUT2D eigenvalue weighted by Crippen LogP contribution is -2.08. The Labute approximate surface area is 130 Å². The molecule has 2 heterocycles. The molecule has 0 saturated carbocycles. The predicted octanol–water partition coefficient (Wildman–Crippen LogP) is 3.37. The highest BCUT2D eigenvalue weighted by Gasteiger charge is 2.22. The SMILES string of the molecule is CC(=O)Oc1c(C(=O)c2cccnc2)[nH]c2cc(Cl)ccc12. The van der Waals surface area contributed by atoms with Crippen molar-refractivity contribution in [3.8, 4) is 5.75 Å². The molecule has 0 amide bonds. The number of hydrogen-bond acceptors (Lipinski definition) is 4. The van der Waals surface area contributed by atoms with Crippen molar-refractivity contribution in [2.24, 2.45) is 0 Å². The largest absolute Gasteiger partial charge is 0.424 e. The number of aromatic nitrogens is 2. The van der Waals surface area contributed by atoms with Crippen LogP contribution in [-0.4, -0.2) is 21.7 Å². The zero-order chi connectivity index (χ0) is 15.7. The van der Waals surface area contributed by atoms with Gasteiger partial charge in [0.2, 0.25) is 5.78 Å². The van der Waals surface area contributed by atoms with Crippen LogP contribution in [0.5, 0.6) is 5.75 Å². The number of carbonyl (C=O) groups excluding carboxylic acids is 2. The molecule has 0 radical (unpaired) electrons. The van der Waals surface area contributed by atoms with Crippen LogP contribution in [0.2, 0.25) is 5.02 Å². The lowest BCUT2D eigenvalue weighted by Gasteiger charge is -2.03. The molecule has 6 heteroatoms. The summed E-state index contributed by atoms with van der Waals surface area (Å²) in [5.74, 6) is -0.610. The van der Waals surface area contributed by atoms with Crippen molar-refractivity contribution in [2.75, 3.05) is 0 Å². The maximum Gasteiger partial charge on any atom is 0.308 e. The van der Waals surface area contributed by atoms with E-state index in [1.165, 1.54) is 13.1 Å². The first-order valence-electron chi connectivity index (χ1n) is 6.50. The maximum absolute atomic E-state index is 12.6. The van der Waals surface area contributed by atoms with Gasteiger partial charge in [-0.2, -0.15) is 0 Å². The Bertz CT molecular complexity index is 872. The van der Waals surface area contributed by atoms with Gasteiger partial charge in [0.15, 0.2) is 5.75 Å². The molecule has 0 saturated heterocycles. The lowest BCUT2D eigenvalue weighted by atomic mass is 10.1. The zero-order valence-corrected chi connectivity index (χ0v) is 12.3. The predicted molar refractivity (Wildman–Crippen MR) is 82.3 cm³/mol. The third-order valence-corrected chi connectivity index (χ3v) is 3.34. The number of fused-ring (bicyclic) bond motifs is 1. The smallest absolute Gasteiger partial charge is 0.308 e. The van der Waals surface area contributed by atoms with E-state index in [2.05, 4.69) is 9.97 Å². The standard InChI is InChI=1S/C16H11ClN2O3/c1-9(20)22-16-12-5-4-11(17)7-13(12)19-14(16)15(21)10-3-2-6-18-8-10/h2-8,19H,1H3. The zero-order valence-electron chi connectivity index (χ0n) is 11.6. The Kier molecular flexibility index (Phi) is 3.65. The number of halogens is 1. The van der Waals surface area contributed by atoms with Crippen molar-refractivity contribution in [2.45, 2.75) is 6.92 Å². The summed E-state index contributed by atoms with van der Waals surface area (Å²) in [5.41, 5.74) is 1.21. The molecule has 0 aliphatic heterocycles. The second-order valence-electron chi connectivity index (χ2n) is 4.68. The van der Waals surface area contributed by atoms with E-state index in [1.807, 2.05) is 0 Å². The summed E-state index contributed by atoms with van der Waals surface area (Å²) in [4.78, 5) is 30.9. The van der Waals surface area contributed by atoms with Crippen LogP contribution in [0.15, 0.2) is 42.7 Å². The summed E-state index contributed by atoms with van der Waals surface area (Å²) >= 11 is 5.96.